The molecule has 6 atom stereocenters. The largest absolute Gasteiger partial charge is 0.459 e. The lowest BCUT2D eigenvalue weighted by Gasteiger charge is -2.27. The molecular weight excluding hydrogens is 857 g/mol. The summed E-state index contributed by atoms with van der Waals surface area (Å²) in [6, 6.07) is 1.58. The van der Waals surface area contributed by atoms with Gasteiger partial charge in [0, 0.05) is 55.7 Å². The number of aromatic nitrogens is 1. The molecule has 1 aromatic carbocycles. The molecule has 0 saturated carbocycles. The van der Waals surface area contributed by atoms with Crippen LogP contribution >= 0.6 is 0 Å². The average Bonchev–Trinajstić information content (AvgIpc) is 3.68. The number of esters is 1. The molecule has 2 heterocycles. The van der Waals surface area contributed by atoms with E-state index in [1.165, 1.54) is 13.0 Å². The van der Waals surface area contributed by atoms with Crippen molar-refractivity contribution in [2.75, 3.05) is 19.7 Å². The Hall–Kier alpha value is -6.41. The van der Waals surface area contributed by atoms with E-state index in [9.17, 15) is 53.4 Å². The number of rotatable bonds is 23. The second-order valence-electron chi connectivity index (χ2n) is 16.3. The van der Waals surface area contributed by atoms with Crippen molar-refractivity contribution in [3.05, 3.63) is 60.3 Å². The van der Waals surface area contributed by atoms with Crippen LogP contribution in [0.25, 0.3) is 10.9 Å². The normalized spacial score (nSPS) is 20.1. The highest BCUT2D eigenvalue weighted by Gasteiger charge is 2.34. The number of allylic oxidation sites excluding steroid dienone is 4. The van der Waals surface area contributed by atoms with Crippen LogP contribution < -0.4 is 37.6 Å². The smallest absolute Gasteiger partial charge is 0.325 e. The number of nitrogens with two attached hydrogens (primary N) is 1. The third-order valence-corrected chi connectivity index (χ3v) is 10.7. The van der Waals surface area contributed by atoms with Gasteiger partial charge in [0.05, 0.1) is 12.7 Å². The van der Waals surface area contributed by atoms with Gasteiger partial charge in [-0.05, 0) is 70.1 Å². The third-order valence-electron chi connectivity index (χ3n) is 10.7. The minimum atomic E-state index is -1.60. The van der Waals surface area contributed by atoms with Crippen LogP contribution in [0.1, 0.15) is 103 Å². The fraction of sp³-hybridized carbons (Fsp3) is 0.543. The van der Waals surface area contributed by atoms with Crippen molar-refractivity contribution in [1.29, 1.82) is 0 Å². The van der Waals surface area contributed by atoms with Crippen molar-refractivity contribution in [3.63, 3.8) is 0 Å². The van der Waals surface area contributed by atoms with Gasteiger partial charge in [0.25, 0.3) is 0 Å². The number of H-pyrrole nitrogens is 1. The van der Waals surface area contributed by atoms with Crippen molar-refractivity contribution < 1.29 is 58.1 Å². The lowest BCUT2D eigenvalue weighted by atomic mass is 10.0. The van der Waals surface area contributed by atoms with Gasteiger partial charge < -0.3 is 57.6 Å². The molecule has 20 nitrogen and oxygen atoms in total. The van der Waals surface area contributed by atoms with Crippen LogP contribution in [0.2, 0.25) is 0 Å². The molecule has 3 rings (SSSR count). The summed E-state index contributed by atoms with van der Waals surface area (Å²) < 4.78 is 5.38. The number of fused-ring (bicyclic) bond motifs is 1. The highest BCUT2D eigenvalue weighted by atomic mass is 16.5. The molecule has 66 heavy (non-hydrogen) atoms. The number of aromatic amines is 1. The van der Waals surface area contributed by atoms with E-state index < -0.39 is 90.7 Å². The van der Waals surface area contributed by atoms with E-state index >= 15 is 0 Å². The topological polar surface area (TPSA) is 317 Å². The summed E-state index contributed by atoms with van der Waals surface area (Å²) in [5.74, 6) is -6.48. The van der Waals surface area contributed by atoms with Crippen LogP contribution in [0.4, 0.5) is 0 Å². The molecule has 1 fully saturated rings. The number of aliphatic hydroxyl groups excluding tert-OH is 2. The zero-order valence-corrected chi connectivity index (χ0v) is 37.7. The molecular formula is C46H66N8O12. The molecule has 2 aromatic rings. The lowest BCUT2D eigenvalue weighted by molar-refractivity contribution is -0.152. The number of hydrogen-bond donors (Lipinski definition) is 10. The highest BCUT2D eigenvalue weighted by Crippen LogP contribution is 2.19. The first-order valence-electron chi connectivity index (χ1n) is 22.5. The molecule has 7 amide bonds. The fourth-order valence-corrected chi connectivity index (χ4v) is 7.01. The van der Waals surface area contributed by atoms with Gasteiger partial charge in [-0.3, -0.25) is 43.2 Å². The zero-order valence-electron chi connectivity index (χ0n) is 37.7. The summed E-state index contributed by atoms with van der Waals surface area (Å²) in [6.45, 7) is 1.13. The Labute approximate surface area is 384 Å². The Morgan fingerprint density at radius 1 is 0.879 bits per heavy atom. The summed E-state index contributed by atoms with van der Waals surface area (Å²) >= 11 is 0. The lowest BCUT2D eigenvalue weighted by Crippen LogP contribution is -2.58. The number of primary amides is 1. The standard InChI is InChI=1S/C46H66N8O12/c1-29(56)15-9-5-3-6-10-16-32(57)17-11-7-4-8-12-20-39(59)51-35(21-22-38(47)58)44(63)54-42-30(2)66-41(61)27-50-43(62)37(28-55)53-45(64)36(52-40(60)23-24-48-46(42)65)25-31-26-49-34-19-14-13-18-33(31)34/h3,6,10,13-14,16,18-19,26,29-30,35-37,42,49,55-56H,4-5,7-9,11-12,15,17,20-25,27-28H2,1-2H3,(H2,47,58)(H,48,65)(H,50,62)(H,51,59)(H,52,60)(H,53,64)(H,54,63)/b6-3-,16-10-/t29-,30+,35-,36+,37-,42-/m0/s1. The maximum absolute atomic E-state index is 13.7. The summed E-state index contributed by atoms with van der Waals surface area (Å²) in [7, 11) is 0. The number of carbonyl (C=O) groups excluding carboxylic acids is 9. The van der Waals surface area contributed by atoms with Gasteiger partial charge in [-0.15, -0.1) is 0 Å². The summed E-state index contributed by atoms with van der Waals surface area (Å²) in [5, 5.41) is 34.9. The van der Waals surface area contributed by atoms with E-state index in [0.29, 0.717) is 31.2 Å². The van der Waals surface area contributed by atoms with Gasteiger partial charge in [0.15, 0.2) is 5.78 Å². The second-order valence-corrected chi connectivity index (χ2v) is 16.3. The number of aliphatic hydroxyl groups is 2. The minimum absolute atomic E-state index is 0.0117. The monoisotopic (exact) mass is 922 g/mol. The first kappa shape index (κ1) is 53.9. The molecule has 1 aliphatic rings. The predicted molar refractivity (Wildman–Crippen MR) is 243 cm³/mol. The van der Waals surface area contributed by atoms with E-state index in [4.69, 9.17) is 10.5 Å². The number of carbonyl (C=O) groups is 9. The average molecular weight is 923 g/mol. The number of nitrogens with one attached hydrogen (secondary N) is 7. The maximum atomic E-state index is 13.7. The van der Waals surface area contributed by atoms with Crippen molar-refractivity contribution in [2.45, 2.75) is 140 Å². The molecule has 20 heteroatoms. The van der Waals surface area contributed by atoms with Crippen LogP contribution in [-0.2, 0) is 54.3 Å². The summed E-state index contributed by atoms with van der Waals surface area (Å²) in [5.41, 5.74) is 6.80. The molecule has 1 saturated heterocycles. The van der Waals surface area contributed by atoms with Crippen LogP contribution in [0.5, 0.6) is 0 Å². The SMILES string of the molecule is C[C@H](O)CCC/C=C\C=C/C(=O)CCCCCCCC(=O)N[C@@H](CCC(N)=O)C(=O)N[C@@H]1C(=O)NCCC(=O)N[C@H](Cc2c[nH]c3ccccc23)C(=O)N[C@@H](CO)C(=O)NCC(=O)O[C@@H]1C. The number of cyclic esters (lactones) is 1. The van der Waals surface area contributed by atoms with Crippen LogP contribution in [-0.4, -0.2) is 124 Å². The van der Waals surface area contributed by atoms with Crippen molar-refractivity contribution in [1.82, 2.24) is 36.9 Å². The number of benzene rings is 1. The van der Waals surface area contributed by atoms with Crippen LogP contribution in [0.15, 0.2) is 54.8 Å². The Morgan fingerprint density at radius 3 is 2.33 bits per heavy atom. The highest BCUT2D eigenvalue weighted by molar-refractivity contribution is 5.95. The first-order chi connectivity index (χ1) is 31.6. The molecule has 0 radical (unpaired) electrons. The number of para-hydroxylation sites is 1. The quantitative estimate of drug-likeness (QED) is 0.0314. The molecule has 0 spiro atoms. The predicted octanol–water partition coefficient (Wildman–Crippen LogP) is 0.439. The number of amides is 7. The minimum Gasteiger partial charge on any atom is -0.459 e. The maximum Gasteiger partial charge on any atom is 0.325 e. The van der Waals surface area contributed by atoms with E-state index in [1.807, 2.05) is 30.4 Å². The van der Waals surface area contributed by atoms with E-state index in [0.717, 1.165) is 43.0 Å². The van der Waals surface area contributed by atoms with Gasteiger partial charge in [0.2, 0.25) is 41.4 Å². The van der Waals surface area contributed by atoms with Crippen molar-refractivity contribution in [2.24, 2.45) is 5.73 Å². The molecule has 0 unspecified atom stereocenters. The Balaban J connectivity index is 1.61. The Kier molecular flexibility index (Phi) is 23.9. The molecule has 1 aliphatic heterocycles. The zero-order chi connectivity index (χ0) is 48.4. The molecule has 11 N–H and O–H groups in total. The first-order valence-corrected chi connectivity index (χ1v) is 22.5. The van der Waals surface area contributed by atoms with Gasteiger partial charge >= 0.3 is 5.97 Å². The third kappa shape index (κ3) is 20.2. The van der Waals surface area contributed by atoms with Crippen LogP contribution in [0, 0.1) is 0 Å². The number of ether oxygens (including phenoxy) is 1. The van der Waals surface area contributed by atoms with Crippen LogP contribution in [0.3, 0.4) is 0 Å². The Morgan fingerprint density at radius 2 is 1.61 bits per heavy atom. The summed E-state index contributed by atoms with van der Waals surface area (Å²) in [6.07, 6.45) is 12.3. The number of ketones is 1. The molecule has 0 aliphatic carbocycles. The molecule has 1 aromatic heterocycles. The van der Waals surface area contributed by atoms with E-state index in [2.05, 4.69) is 36.9 Å². The summed E-state index contributed by atoms with van der Waals surface area (Å²) in [4.78, 5) is 120. The van der Waals surface area contributed by atoms with E-state index in [1.54, 1.807) is 25.3 Å². The van der Waals surface area contributed by atoms with Gasteiger partial charge in [0.1, 0.15) is 36.8 Å². The Bertz CT molecular complexity index is 2030. The molecule has 362 valence electrons. The molecule has 0 bridgehead atoms. The number of hydrogen-bond acceptors (Lipinski definition) is 12. The number of unbranched alkanes of at least 4 members (excludes halogenated alkanes) is 5. The van der Waals surface area contributed by atoms with Gasteiger partial charge in [-0.1, -0.05) is 55.7 Å². The van der Waals surface area contributed by atoms with Gasteiger partial charge in [-0.2, -0.15) is 0 Å². The van der Waals surface area contributed by atoms with Crippen molar-refractivity contribution in [3.8, 4) is 0 Å². The second kappa shape index (κ2) is 29.2. The van der Waals surface area contributed by atoms with E-state index in [-0.39, 0.29) is 50.5 Å². The fourth-order valence-electron chi connectivity index (χ4n) is 7.01. The van der Waals surface area contributed by atoms with Gasteiger partial charge in [-0.25, -0.2) is 0 Å². The van der Waals surface area contributed by atoms with Crippen molar-refractivity contribution >= 4 is 64.0 Å².